The maximum atomic E-state index is 12.3. The number of imide groups is 1. The van der Waals surface area contributed by atoms with Gasteiger partial charge in [-0.05, 0) is 26.2 Å². The Balaban J connectivity index is 1.53. The number of aromatic nitrogens is 2. The number of urea groups is 1. The molecule has 2 fully saturated rings. The van der Waals surface area contributed by atoms with Crippen molar-refractivity contribution in [3.63, 3.8) is 0 Å². The summed E-state index contributed by atoms with van der Waals surface area (Å²) in [6, 6.07) is -0.546. The molecule has 1 saturated carbocycles. The van der Waals surface area contributed by atoms with Crippen LogP contribution < -0.4 is 10.1 Å². The molecule has 2 heterocycles. The number of rotatable bonds is 6. The topological polar surface area (TPSA) is 96.8 Å². The number of ether oxygens (including phenoxy) is 1. The van der Waals surface area contributed by atoms with E-state index >= 15 is 0 Å². The predicted octanol–water partition coefficient (Wildman–Crippen LogP) is 0.213. The lowest BCUT2D eigenvalue weighted by atomic mass is 10.2. The van der Waals surface area contributed by atoms with E-state index < -0.39 is 6.03 Å². The average molecular weight is 349 g/mol. The molecule has 136 valence electrons. The molecule has 1 N–H and O–H groups in total. The van der Waals surface area contributed by atoms with Crippen molar-refractivity contribution in [2.45, 2.75) is 44.9 Å². The number of amides is 4. The van der Waals surface area contributed by atoms with Crippen LogP contribution in [0.5, 0.6) is 5.75 Å². The molecule has 0 spiro atoms. The summed E-state index contributed by atoms with van der Waals surface area (Å²) in [7, 11) is 1.42. The molecule has 1 aliphatic carbocycles. The zero-order valence-electron chi connectivity index (χ0n) is 14.5. The first-order chi connectivity index (χ1) is 12.0. The summed E-state index contributed by atoms with van der Waals surface area (Å²) >= 11 is 0. The van der Waals surface area contributed by atoms with Crippen molar-refractivity contribution in [2.24, 2.45) is 0 Å². The van der Waals surface area contributed by atoms with E-state index in [0.717, 1.165) is 30.7 Å². The third-order valence-electron chi connectivity index (χ3n) is 4.61. The molecule has 1 aromatic heterocycles. The number of nitrogens with one attached hydrogen (secondary N) is 1. The van der Waals surface area contributed by atoms with Crippen LogP contribution in [0.1, 0.15) is 26.2 Å². The average Bonchev–Trinajstić information content (AvgIpc) is 3.27. The Morgan fingerprint density at radius 3 is 2.84 bits per heavy atom. The van der Waals surface area contributed by atoms with E-state index in [1.165, 1.54) is 11.9 Å². The Kier molecular flexibility index (Phi) is 4.91. The van der Waals surface area contributed by atoms with Gasteiger partial charge in [0.15, 0.2) is 5.75 Å². The normalized spacial score (nSPS) is 23.4. The van der Waals surface area contributed by atoms with Crippen molar-refractivity contribution in [1.29, 1.82) is 0 Å². The number of carbonyl (C=O) groups is 3. The Morgan fingerprint density at radius 2 is 2.20 bits per heavy atom. The van der Waals surface area contributed by atoms with E-state index in [-0.39, 0.29) is 37.0 Å². The molecule has 1 saturated heterocycles. The van der Waals surface area contributed by atoms with E-state index in [1.807, 2.05) is 13.1 Å². The van der Waals surface area contributed by atoms with Gasteiger partial charge in [-0.3, -0.25) is 19.2 Å². The highest BCUT2D eigenvalue weighted by Gasteiger charge is 2.36. The second-order valence-electron chi connectivity index (χ2n) is 6.38. The number of likely N-dealkylation sites (N-methyl/N-ethyl adjacent to an activating group) is 1. The van der Waals surface area contributed by atoms with Crippen molar-refractivity contribution in [2.75, 3.05) is 20.1 Å². The highest BCUT2D eigenvalue weighted by atomic mass is 16.5. The van der Waals surface area contributed by atoms with Gasteiger partial charge in [0.1, 0.15) is 19.2 Å². The summed E-state index contributed by atoms with van der Waals surface area (Å²) in [6.45, 7) is 2.60. The summed E-state index contributed by atoms with van der Waals surface area (Å²) in [6.07, 6.45) is 6.03. The second-order valence-corrected chi connectivity index (χ2v) is 6.38. The minimum atomic E-state index is -0.439. The zero-order chi connectivity index (χ0) is 18.0. The number of hydrogen-bond acceptors (Lipinski definition) is 5. The van der Waals surface area contributed by atoms with Gasteiger partial charge in [-0.15, -0.1) is 0 Å². The number of aryl methyl sites for hydroxylation is 1. The summed E-state index contributed by atoms with van der Waals surface area (Å²) in [5.41, 5.74) is 0. The molecular weight excluding hydrogens is 326 g/mol. The Morgan fingerprint density at radius 1 is 1.40 bits per heavy atom. The molecule has 2 aliphatic rings. The van der Waals surface area contributed by atoms with Crippen LogP contribution in [0.25, 0.3) is 0 Å². The maximum Gasteiger partial charge on any atom is 0.327 e. The molecule has 9 nitrogen and oxygen atoms in total. The zero-order valence-corrected chi connectivity index (χ0v) is 14.5. The highest BCUT2D eigenvalue weighted by molar-refractivity contribution is 6.03. The third kappa shape index (κ3) is 3.75. The van der Waals surface area contributed by atoms with Crippen LogP contribution in [0, 0.1) is 0 Å². The minimum Gasteiger partial charge on any atom is -0.485 e. The van der Waals surface area contributed by atoms with E-state index in [4.69, 9.17) is 4.74 Å². The van der Waals surface area contributed by atoms with Crippen molar-refractivity contribution < 1.29 is 19.1 Å². The molecule has 25 heavy (non-hydrogen) atoms. The van der Waals surface area contributed by atoms with Crippen LogP contribution in [0.4, 0.5) is 4.79 Å². The minimum absolute atomic E-state index is 0.0520. The van der Waals surface area contributed by atoms with Gasteiger partial charge in [-0.1, -0.05) is 0 Å². The summed E-state index contributed by atoms with van der Waals surface area (Å²) in [5, 5.41) is 7.11. The predicted molar refractivity (Wildman–Crippen MR) is 87.8 cm³/mol. The molecule has 0 unspecified atom stereocenters. The van der Waals surface area contributed by atoms with E-state index in [9.17, 15) is 14.4 Å². The van der Waals surface area contributed by atoms with E-state index in [2.05, 4.69) is 10.4 Å². The summed E-state index contributed by atoms with van der Waals surface area (Å²) < 4.78 is 7.74. The fourth-order valence-electron chi connectivity index (χ4n) is 3.19. The number of hydrogen-bond donors (Lipinski definition) is 1. The van der Waals surface area contributed by atoms with Crippen LogP contribution in [-0.2, 0) is 16.1 Å². The van der Waals surface area contributed by atoms with Gasteiger partial charge < -0.3 is 15.0 Å². The fourth-order valence-corrected chi connectivity index (χ4v) is 3.19. The van der Waals surface area contributed by atoms with Gasteiger partial charge in [0, 0.05) is 13.6 Å². The summed E-state index contributed by atoms with van der Waals surface area (Å²) in [5.74, 6) is 0.115. The largest absolute Gasteiger partial charge is 0.485 e. The van der Waals surface area contributed by atoms with Gasteiger partial charge in [-0.25, -0.2) is 4.79 Å². The molecule has 9 heteroatoms. The molecular formula is C16H23N5O4. The third-order valence-corrected chi connectivity index (χ3v) is 4.61. The molecule has 1 aromatic rings. The van der Waals surface area contributed by atoms with Gasteiger partial charge in [0.05, 0.1) is 18.4 Å². The Hall–Kier alpha value is -2.58. The van der Waals surface area contributed by atoms with Crippen LogP contribution in [0.3, 0.4) is 0 Å². The second kappa shape index (κ2) is 7.12. The first-order valence-electron chi connectivity index (χ1n) is 8.52. The smallest absolute Gasteiger partial charge is 0.327 e. The number of carbonyl (C=O) groups excluding carboxylic acids is 3. The lowest BCUT2D eigenvalue weighted by Gasteiger charge is -2.23. The molecule has 0 radical (unpaired) electrons. The molecule has 1 aliphatic heterocycles. The van der Waals surface area contributed by atoms with Crippen molar-refractivity contribution in [3.05, 3.63) is 12.4 Å². The lowest BCUT2D eigenvalue weighted by molar-refractivity contribution is -0.124. The lowest BCUT2D eigenvalue weighted by Crippen LogP contribution is -2.47. The van der Waals surface area contributed by atoms with Gasteiger partial charge in [-0.2, -0.15) is 5.10 Å². The standard InChI is InChI=1S/C16H23N5O4/c1-3-21-8-11(7-17-21)25-13-6-4-5-12(13)18-14(22)9-20-10-15(23)19(2)16(20)24/h7-8,12-13H,3-6,9-10H2,1-2H3,(H,18,22)/t12-,13+/m0/s1. The molecule has 3 rings (SSSR count). The van der Waals surface area contributed by atoms with Crippen LogP contribution >= 0.6 is 0 Å². The first kappa shape index (κ1) is 17.2. The SMILES string of the molecule is CCn1cc(O[C@@H]2CCC[C@@H]2NC(=O)CN2CC(=O)N(C)C2=O)cn1. The summed E-state index contributed by atoms with van der Waals surface area (Å²) in [4.78, 5) is 37.9. The van der Waals surface area contributed by atoms with Crippen LogP contribution in [0.15, 0.2) is 12.4 Å². The van der Waals surface area contributed by atoms with E-state index in [0.29, 0.717) is 5.75 Å². The maximum absolute atomic E-state index is 12.3. The molecule has 0 bridgehead atoms. The fraction of sp³-hybridized carbons (Fsp3) is 0.625. The monoisotopic (exact) mass is 349 g/mol. The molecule has 4 amide bonds. The van der Waals surface area contributed by atoms with Gasteiger partial charge in [0.2, 0.25) is 11.8 Å². The molecule has 0 aromatic carbocycles. The quantitative estimate of drug-likeness (QED) is 0.741. The number of nitrogens with zero attached hydrogens (tertiary/aromatic N) is 4. The van der Waals surface area contributed by atoms with Gasteiger partial charge in [0.25, 0.3) is 0 Å². The van der Waals surface area contributed by atoms with Crippen molar-refractivity contribution in [3.8, 4) is 5.75 Å². The van der Waals surface area contributed by atoms with Gasteiger partial charge >= 0.3 is 6.03 Å². The first-order valence-corrected chi connectivity index (χ1v) is 8.52. The Bertz CT molecular complexity index is 673. The highest BCUT2D eigenvalue weighted by Crippen LogP contribution is 2.24. The Labute approximate surface area is 145 Å². The van der Waals surface area contributed by atoms with Crippen molar-refractivity contribution in [1.82, 2.24) is 24.9 Å². The van der Waals surface area contributed by atoms with Crippen LogP contribution in [-0.4, -0.2) is 69.7 Å². The van der Waals surface area contributed by atoms with E-state index in [1.54, 1.807) is 10.9 Å². The van der Waals surface area contributed by atoms with Crippen LogP contribution in [0.2, 0.25) is 0 Å². The molecule has 2 atom stereocenters. The van der Waals surface area contributed by atoms with Crippen molar-refractivity contribution >= 4 is 17.8 Å².